The van der Waals surface area contributed by atoms with Crippen LogP contribution in [-0.4, -0.2) is 37.0 Å². The topological polar surface area (TPSA) is 114 Å². The van der Waals surface area contributed by atoms with Gasteiger partial charge in [0.15, 0.2) is 34.5 Å². The van der Waals surface area contributed by atoms with Gasteiger partial charge in [0, 0.05) is 0 Å². The van der Waals surface area contributed by atoms with Crippen molar-refractivity contribution in [1.82, 2.24) is 0 Å². The number of benzene rings is 3. The summed E-state index contributed by atoms with van der Waals surface area (Å²) >= 11 is -0.0819. The van der Waals surface area contributed by atoms with Crippen LogP contribution in [0.3, 0.4) is 0 Å². The highest BCUT2D eigenvalue weighted by atomic mass is 127. The first kappa shape index (κ1) is 33.5. The molecule has 0 amide bonds. The fourth-order valence-electron chi connectivity index (χ4n) is 1.88. The summed E-state index contributed by atoms with van der Waals surface area (Å²) in [5.41, 5.74) is -9.95. The SMILES string of the molecule is Cc1ccc([I+]c2ccc([I+]c3ccccc3)cc2)cc1.O=S(=O)([O-])C(F)(F)F.O=S(=O)([O-])C(F)(F)F. The van der Waals surface area contributed by atoms with Crippen molar-refractivity contribution in [3.63, 3.8) is 0 Å². The van der Waals surface area contributed by atoms with Crippen LogP contribution in [0.1, 0.15) is 5.56 Å². The number of aryl methyl sites for hydroxylation is 1. The molecule has 0 atom stereocenters. The lowest BCUT2D eigenvalue weighted by Gasteiger charge is -2.08. The number of rotatable bonds is 4. The van der Waals surface area contributed by atoms with Crippen LogP contribution < -0.4 is 42.4 Å². The molecule has 0 saturated carbocycles. The highest BCUT2D eigenvalue weighted by molar-refractivity contribution is 7.86. The van der Waals surface area contributed by atoms with Crippen LogP contribution in [0.25, 0.3) is 0 Å². The summed E-state index contributed by atoms with van der Waals surface area (Å²) in [5.74, 6) is 0. The van der Waals surface area contributed by atoms with E-state index >= 15 is 0 Å². The summed E-state index contributed by atoms with van der Waals surface area (Å²) in [5, 5.41) is 0. The zero-order valence-corrected chi connectivity index (χ0v) is 24.2. The molecule has 0 spiro atoms. The van der Waals surface area contributed by atoms with Crippen LogP contribution in [0, 0.1) is 21.2 Å². The summed E-state index contributed by atoms with van der Waals surface area (Å²) < 4.78 is 124. The average Bonchev–Trinajstić information content (AvgIpc) is 2.76. The zero-order valence-electron chi connectivity index (χ0n) is 18.3. The Morgan fingerprint density at radius 3 is 1.05 bits per heavy atom. The van der Waals surface area contributed by atoms with E-state index in [9.17, 15) is 26.3 Å². The van der Waals surface area contributed by atoms with Crippen molar-refractivity contribution in [3.8, 4) is 0 Å². The van der Waals surface area contributed by atoms with Gasteiger partial charge in [-0.3, -0.25) is 0 Å². The highest BCUT2D eigenvalue weighted by Gasteiger charge is 2.37. The van der Waals surface area contributed by atoms with E-state index < -0.39 is 31.3 Å². The Labute approximate surface area is 230 Å². The minimum absolute atomic E-state index is 0.0368. The van der Waals surface area contributed by atoms with Crippen LogP contribution in [0.5, 0.6) is 0 Å². The maximum absolute atomic E-state index is 10.7. The van der Waals surface area contributed by atoms with Crippen molar-refractivity contribution in [2.45, 2.75) is 17.9 Å². The summed E-state index contributed by atoms with van der Waals surface area (Å²) in [4.78, 5) is 0. The van der Waals surface area contributed by atoms with E-state index in [0.717, 1.165) is 0 Å². The molecule has 6 nitrogen and oxygen atoms in total. The van der Waals surface area contributed by atoms with E-state index in [1.165, 1.54) is 19.8 Å². The second kappa shape index (κ2) is 14.1. The lowest BCUT2D eigenvalue weighted by molar-refractivity contribution is -0.603. The molecule has 0 radical (unpaired) electrons. The Balaban J connectivity index is 0.000000355. The predicted molar refractivity (Wildman–Crippen MR) is 110 cm³/mol. The van der Waals surface area contributed by atoms with E-state index in [2.05, 4.69) is 85.8 Å². The Morgan fingerprint density at radius 1 is 0.541 bits per heavy atom. The lowest BCUT2D eigenvalue weighted by Crippen LogP contribution is -3.62. The zero-order chi connectivity index (χ0) is 28.5. The third-order valence-corrected chi connectivity index (χ3v) is 10.1. The van der Waals surface area contributed by atoms with Crippen molar-refractivity contribution >= 4 is 20.2 Å². The number of halogens is 8. The summed E-state index contributed by atoms with van der Waals surface area (Å²) in [6, 6.07) is 29.1. The van der Waals surface area contributed by atoms with Gasteiger partial charge in [-0.05, 0) is 55.5 Å². The number of hydrogen-bond acceptors (Lipinski definition) is 6. The standard InChI is InChI=1S/C19H16I2.2CHF3O3S/c1-15-7-9-17(10-8-15)21-19-13-11-18(12-14-19)20-16-5-3-2-4-6-16;2*2-1(3,4)8(5,6)7/h2-14H,1H3;2*(H,5,6,7)/q+2;;/p-2. The molecule has 3 rings (SSSR count). The molecule has 0 bridgehead atoms. The Morgan fingerprint density at radius 2 is 0.784 bits per heavy atom. The number of alkyl halides is 6. The molecule has 16 heteroatoms. The number of hydrogen-bond donors (Lipinski definition) is 0. The fraction of sp³-hybridized carbons (Fsp3) is 0.143. The Hall–Kier alpha value is -1.48. The fourth-order valence-corrected chi connectivity index (χ4v) is 6.25. The van der Waals surface area contributed by atoms with Crippen molar-refractivity contribution < 1.29 is 94.7 Å². The third-order valence-electron chi connectivity index (χ3n) is 3.55. The normalized spacial score (nSPS) is 12.0. The second-order valence-electron chi connectivity index (χ2n) is 6.52. The lowest BCUT2D eigenvalue weighted by atomic mass is 10.2. The molecule has 0 saturated heterocycles. The maximum atomic E-state index is 10.7. The molecule has 204 valence electrons. The molecule has 0 fully saturated rings. The van der Waals surface area contributed by atoms with E-state index in [1.54, 1.807) is 0 Å². The van der Waals surface area contributed by atoms with Gasteiger partial charge in [0.1, 0.15) is 0 Å². The molecule has 0 aliphatic heterocycles. The first-order valence-corrected chi connectivity index (χ1v) is 16.5. The molecule has 3 aromatic rings. The highest BCUT2D eigenvalue weighted by Crippen LogP contribution is 2.21. The van der Waals surface area contributed by atoms with Crippen molar-refractivity contribution in [2.24, 2.45) is 0 Å². The summed E-state index contributed by atoms with van der Waals surface area (Å²) in [6.45, 7) is 2.14. The molecule has 37 heavy (non-hydrogen) atoms. The Bertz CT molecular complexity index is 1290. The smallest absolute Gasteiger partial charge is 0.485 e. The van der Waals surface area contributed by atoms with Gasteiger partial charge >= 0.3 is 53.4 Å². The average molecular weight is 796 g/mol. The molecule has 0 aromatic heterocycles. The van der Waals surface area contributed by atoms with Crippen LogP contribution in [0.15, 0.2) is 78.9 Å². The van der Waals surface area contributed by atoms with Gasteiger partial charge < -0.3 is 9.11 Å². The van der Waals surface area contributed by atoms with Crippen LogP contribution in [-0.2, 0) is 20.2 Å². The van der Waals surface area contributed by atoms with Crippen LogP contribution >= 0.6 is 0 Å². The van der Waals surface area contributed by atoms with Gasteiger partial charge in [0.05, 0.1) is 0 Å². The Kier molecular flexibility index (Phi) is 12.7. The van der Waals surface area contributed by atoms with Crippen molar-refractivity contribution in [2.75, 3.05) is 0 Å². The van der Waals surface area contributed by atoms with Gasteiger partial charge in [-0.1, -0.05) is 35.9 Å². The molecular weight excluding hydrogens is 780 g/mol. The molecule has 0 unspecified atom stereocenters. The summed E-state index contributed by atoms with van der Waals surface area (Å²) in [7, 11) is -12.2. The summed E-state index contributed by atoms with van der Waals surface area (Å²) in [6.07, 6.45) is 0. The minimum Gasteiger partial charge on any atom is -0.741 e. The predicted octanol–water partition coefficient (Wildman–Crippen LogP) is -1.65. The van der Waals surface area contributed by atoms with Gasteiger partial charge in [-0.2, -0.15) is 26.3 Å². The van der Waals surface area contributed by atoms with Gasteiger partial charge in [0.2, 0.25) is 0 Å². The van der Waals surface area contributed by atoms with Crippen LogP contribution in [0.2, 0.25) is 0 Å². The van der Waals surface area contributed by atoms with Gasteiger partial charge in [0.25, 0.3) is 0 Å². The van der Waals surface area contributed by atoms with E-state index in [0.29, 0.717) is 0 Å². The van der Waals surface area contributed by atoms with E-state index in [1.807, 2.05) is 0 Å². The molecule has 0 aliphatic carbocycles. The quantitative estimate of drug-likeness (QED) is 0.136. The van der Waals surface area contributed by atoms with E-state index in [4.69, 9.17) is 25.9 Å². The van der Waals surface area contributed by atoms with Crippen molar-refractivity contribution in [3.05, 3.63) is 98.7 Å². The van der Waals surface area contributed by atoms with E-state index in [-0.39, 0.29) is 42.4 Å². The first-order valence-electron chi connectivity index (χ1n) is 9.35. The second-order valence-corrected chi connectivity index (χ2v) is 15.3. The molecule has 3 aromatic carbocycles. The van der Waals surface area contributed by atoms with Gasteiger partial charge in [-0.15, -0.1) is 0 Å². The first-order chi connectivity index (χ1) is 16.8. The van der Waals surface area contributed by atoms with Gasteiger partial charge in [-0.25, -0.2) is 16.8 Å². The minimum atomic E-state index is -6.09. The molecular formula is C21H16F6I2O6S2. The van der Waals surface area contributed by atoms with Crippen molar-refractivity contribution in [1.29, 1.82) is 0 Å². The molecule has 0 aliphatic rings. The molecule has 0 heterocycles. The monoisotopic (exact) mass is 796 g/mol. The third kappa shape index (κ3) is 13.2. The van der Waals surface area contributed by atoms with Crippen LogP contribution in [0.4, 0.5) is 26.3 Å². The molecule has 0 N–H and O–H groups in total. The largest absolute Gasteiger partial charge is 0.741 e. The maximum Gasteiger partial charge on any atom is 0.485 e.